The third-order valence-corrected chi connectivity index (χ3v) is 5.07. The lowest BCUT2D eigenvalue weighted by Crippen LogP contribution is -2.40. The van der Waals surface area contributed by atoms with Crippen LogP contribution in [0.4, 0.5) is 0 Å². The molecule has 0 bridgehead atoms. The van der Waals surface area contributed by atoms with E-state index in [1.807, 2.05) is 7.05 Å². The first-order chi connectivity index (χ1) is 9.36. The van der Waals surface area contributed by atoms with E-state index in [0.29, 0.717) is 0 Å². The largest absolute Gasteiger partial charge is 0.356 e. The number of hydrogen-bond acceptors (Lipinski definition) is 2. The van der Waals surface area contributed by atoms with Crippen LogP contribution in [-0.4, -0.2) is 19.6 Å². The van der Waals surface area contributed by atoms with Crippen molar-refractivity contribution in [1.82, 2.24) is 10.6 Å². The van der Waals surface area contributed by atoms with Crippen molar-refractivity contribution in [1.29, 1.82) is 0 Å². The molecule has 0 radical (unpaired) electrons. The van der Waals surface area contributed by atoms with Crippen LogP contribution in [0.15, 0.2) is 22.5 Å². The minimum absolute atomic E-state index is 0. The topological polar surface area (TPSA) is 36.4 Å². The van der Waals surface area contributed by atoms with E-state index in [1.54, 1.807) is 11.3 Å². The van der Waals surface area contributed by atoms with Crippen molar-refractivity contribution in [3.05, 3.63) is 22.4 Å². The molecule has 5 heteroatoms. The first kappa shape index (κ1) is 16.1. The molecule has 1 aromatic rings. The van der Waals surface area contributed by atoms with Crippen LogP contribution in [0.25, 0.3) is 0 Å². The zero-order valence-electron chi connectivity index (χ0n) is 12.0. The van der Waals surface area contributed by atoms with E-state index in [4.69, 9.17) is 0 Å². The molecule has 1 aromatic heterocycles. The number of nitrogens with one attached hydrogen (secondary N) is 2. The number of aliphatic imine (C=N–C) groups is 1. The van der Waals surface area contributed by atoms with Crippen molar-refractivity contribution < 1.29 is 0 Å². The monoisotopic (exact) mass is 405 g/mol. The predicted octanol–water partition coefficient (Wildman–Crippen LogP) is 3.47. The van der Waals surface area contributed by atoms with Gasteiger partial charge < -0.3 is 10.6 Å². The lowest BCUT2D eigenvalue weighted by molar-refractivity contribution is 0.400. The summed E-state index contributed by atoms with van der Waals surface area (Å²) in [4.78, 5) is 5.67. The highest BCUT2D eigenvalue weighted by atomic mass is 127. The summed E-state index contributed by atoms with van der Waals surface area (Å²) < 4.78 is 0. The van der Waals surface area contributed by atoms with Crippen molar-refractivity contribution in [2.75, 3.05) is 13.6 Å². The number of hydrogen-bond donors (Lipinski definition) is 2. The van der Waals surface area contributed by atoms with Crippen molar-refractivity contribution >= 4 is 41.3 Å². The van der Waals surface area contributed by atoms with Gasteiger partial charge in [0.2, 0.25) is 0 Å². The standard InChI is InChI=1S/C15H23N3S.HI/c1-16-15(17-9-13-3-2-8-19-13)18-10-14(11-4-5-11)12-6-7-12;/h2-3,8,11-12,14H,4-7,9-10H2,1H3,(H2,16,17,18);1H. The van der Waals surface area contributed by atoms with Gasteiger partial charge in [0.05, 0.1) is 6.54 Å². The summed E-state index contributed by atoms with van der Waals surface area (Å²) in [6.45, 7) is 1.97. The number of thiophene rings is 1. The third-order valence-electron chi connectivity index (χ3n) is 4.19. The zero-order chi connectivity index (χ0) is 13.1. The Morgan fingerprint density at radius 3 is 2.50 bits per heavy atom. The van der Waals surface area contributed by atoms with Gasteiger partial charge in [0, 0.05) is 18.5 Å². The molecule has 2 aliphatic rings. The highest BCUT2D eigenvalue weighted by Crippen LogP contribution is 2.48. The van der Waals surface area contributed by atoms with Crippen molar-refractivity contribution in [3.8, 4) is 0 Å². The molecule has 2 aliphatic carbocycles. The molecule has 3 nitrogen and oxygen atoms in total. The second-order valence-corrected chi connectivity index (χ2v) is 6.76. The quantitative estimate of drug-likeness (QED) is 0.432. The second kappa shape index (κ2) is 7.64. The van der Waals surface area contributed by atoms with E-state index in [9.17, 15) is 0 Å². The van der Waals surface area contributed by atoms with Crippen molar-refractivity contribution in [3.63, 3.8) is 0 Å². The summed E-state index contributed by atoms with van der Waals surface area (Å²) in [6, 6.07) is 4.25. The molecule has 0 aromatic carbocycles. The zero-order valence-corrected chi connectivity index (χ0v) is 15.1. The minimum Gasteiger partial charge on any atom is -0.356 e. The molecular weight excluding hydrogens is 381 g/mol. The number of rotatable bonds is 6. The Bertz CT molecular complexity index is 412. The summed E-state index contributed by atoms with van der Waals surface area (Å²) in [5.74, 6) is 3.82. The fraction of sp³-hybridized carbons (Fsp3) is 0.667. The van der Waals surface area contributed by atoms with Crippen LogP contribution >= 0.6 is 35.3 Å². The van der Waals surface area contributed by atoms with E-state index in [-0.39, 0.29) is 24.0 Å². The molecule has 0 spiro atoms. The predicted molar refractivity (Wildman–Crippen MR) is 96.9 cm³/mol. The summed E-state index contributed by atoms with van der Waals surface area (Å²) in [5.41, 5.74) is 0. The van der Waals surface area contributed by atoms with E-state index in [0.717, 1.165) is 36.8 Å². The molecule has 0 amide bonds. The highest BCUT2D eigenvalue weighted by Gasteiger charge is 2.41. The van der Waals surface area contributed by atoms with Gasteiger partial charge in [-0.25, -0.2) is 0 Å². The molecule has 0 atom stereocenters. The Morgan fingerprint density at radius 1 is 1.30 bits per heavy atom. The molecule has 2 N–H and O–H groups in total. The lowest BCUT2D eigenvalue weighted by Gasteiger charge is -2.18. The molecule has 0 unspecified atom stereocenters. The van der Waals surface area contributed by atoms with Gasteiger partial charge in [-0.1, -0.05) is 6.07 Å². The third kappa shape index (κ3) is 4.62. The lowest BCUT2D eigenvalue weighted by atomic mass is 9.98. The van der Waals surface area contributed by atoms with Gasteiger partial charge in [-0.15, -0.1) is 35.3 Å². The molecule has 112 valence electrons. The average Bonchev–Trinajstić information content (AvgIpc) is 3.35. The van der Waals surface area contributed by atoms with Crippen LogP contribution in [0.2, 0.25) is 0 Å². The Labute approximate surface area is 142 Å². The second-order valence-electron chi connectivity index (χ2n) is 5.72. The van der Waals surface area contributed by atoms with Crippen LogP contribution in [-0.2, 0) is 6.54 Å². The Balaban J connectivity index is 0.00000147. The number of guanidine groups is 1. The maximum Gasteiger partial charge on any atom is 0.191 e. The Hall–Kier alpha value is -0.300. The molecule has 2 saturated carbocycles. The molecule has 1 heterocycles. The van der Waals surface area contributed by atoms with Gasteiger partial charge >= 0.3 is 0 Å². The molecule has 2 fully saturated rings. The first-order valence-corrected chi connectivity index (χ1v) is 8.21. The van der Waals surface area contributed by atoms with E-state index < -0.39 is 0 Å². The van der Waals surface area contributed by atoms with E-state index in [2.05, 4.69) is 33.1 Å². The molecule has 20 heavy (non-hydrogen) atoms. The van der Waals surface area contributed by atoms with Gasteiger partial charge in [-0.3, -0.25) is 4.99 Å². The summed E-state index contributed by atoms with van der Waals surface area (Å²) in [5, 5.41) is 9.03. The minimum atomic E-state index is 0. The van der Waals surface area contributed by atoms with Crippen LogP contribution in [0.5, 0.6) is 0 Å². The molecule has 3 rings (SSSR count). The normalized spacial score (nSPS) is 18.8. The Morgan fingerprint density at radius 2 is 2.00 bits per heavy atom. The fourth-order valence-electron chi connectivity index (χ4n) is 2.79. The summed E-state index contributed by atoms with van der Waals surface area (Å²) in [6.07, 6.45) is 5.79. The van der Waals surface area contributed by atoms with Gasteiger partial charge in [0.15, 0.2) is 5.96 Å². The molecule has 0 saturated heterocycles. The molecular formula is C15H24IN3S. The molecule has 0 aliphatic heterocycles. The summed E-state index contributed by atoms with van der Waals surface area (Å²) in [7, 11) is 1.85. The van der Waals surface area contributed by atoms with Crippen LogP contribution in [0.3, 0.4) is 0 Å². The SMILES string of the molecule is CN=C(NCc1cccs1)NCC(C1CC1)C1CC1.I. The Kier molecular flexibility index (Phi) is 6.14. The van der Waals surface area contributed by atoms with Crippen molar-refractivity contribution in [2.45, 2.75) is 32.2 Å². The van der Waals surface area contributed by atoms with Gasteiger partial charge in [0.1, 0.15) is 0 Å². The fourth-order valence-corrected chi connectivity index (χ4v) is 3.43. The number of halogens is 1. The van der Waals surface area contributed by atoms with Crippen LogP contribution < -0.4 is 10.6 Å². The van der Waals surface area contributed by atoms with Crippen LogP contribution in [0.1, 0.15) is 30.6 Å². The average molecular weight is 405 g/mol. The summed E-state index contributed by atoms with van der Waals surface area (Å²) >= 11 is 1.78. The van der Waals surface area contributed by atoms with Gasteiger partial charge in [0.25, 0.3) is 0 Å². The number of nitrogens with zero attached hydrogens (tertiary/aromatic N) is 1. The van der Waals surface area contributed by atoms with Crippen molar-refractivity contribution in [2.24, 2.45) is 22.7 Å². The van der Waals surface area contributed by atoms with Crippen LogP contribution in [0, 0.1) is 17.8 Å². The smallest absolute Gasteiger partial charge is 0.191 e. The maximum absolute atomic E-state index is 4.32. The van der Waals surface area contributed by atoms with Gasteiger partial charge in [-0.05, 0) is 54.9 Å². The maximum atomic E-state index is 4.32. The van der Waals surface area contributed by atoms with E-state index >= 15 is 0 Å². The first-order valence-electron chi connectivity index (χ1n) is 7.33. The highest BCUT2D eigenvalue weighted by molar-refractivity contribution is 14.0. The van der Waals surface area contributed by atoms with Gasteiger partial charge in [-0.2, -0.15) is 0 Å². The van der Waals surface area contributed by atoms with E-state index in [1.165, 1.54) is 30.6 Å².